The summed E-state index contributed by atoms with van der Waals surface area (Å²) in [5, 5.41) is 7.68. The van der Waals surface area contributed by atoms with E-state index < -0.39 is 0 Å². The van der Waals surface area contributed by atoms with Crippen molar-refractivity contribution in [2.45, 2.75) is 6.92 Å². The number of allylic oxidation sites excluding steroid dienone is 1. The summed E-state index contributed by atoms with van der Waals surface area (Å²) in [5.41, 5.74) is 4.36. The van der Waals surface area contributed by atoms with Crippen LogP contribution < -0.4 is 10.6 Å². The lowest BCUT2D eigenvalue weighted by Gasteiger charge is -2.10. The fourth-order valence-electron chi connectivity index (χ4n) is 2.20. The van der Waals surface area contributed by atoms with E-state index in [0.717, 1.165) is 41.4 Å². The number of guanidine groups is 1. The maximum Gasteiger partial charge on any atom is 0.195 e. The lowest BCUT2D eigenvalue weighted by molar-refractivity contribution is 0.959. The molecular formula is C14H16N4. The summed E-state index contributed by atoms with van der Waals surface area (Å²) in [6, 6.07) is 6.28. The summed E-state index contributed by atoms with van der Waals surface area (Å²) >= 11 is 0. The average Bonchev–Trinajstić information content (AvgIpc) is 2.98. The van der Waals surface area contributed by atoms with Crippen LogP contribution in [0.25, 0.3) is 16.5 Å². The zero-order chi connectivity index (χ0) is 12.5. The number of H-pyrrole nitrogens is 1. The van der Waals surface area contributed by atoms with E-state index in [4.69, 9.17) is 0 Å². The highest BCUT2D eigenvalue weighted by Crippen LogP contribution is 2.27. The number of nitrogens with zero attached hydrogens (tertiary/aromatic N) is 1. The minimum Gasteiger partial charge on any atom is -0.361 e. The summed E-state index contributed by atoms with van der Waals surface area (Å²) < 4.78 is 0. The minimum absolute atomic E-state index is 0.835. The van der Waals surface area contributed by atoms with Crippen molar-refractivity contribution in [1.29, 1.82) is 0 Å². The SMILES string of the molecule is C=C(C)c1cc(NC2=NCCN2)cc2cc[nH]c12. The second-order valence-electron chi connectivity index (χ2n) is 4.53. The Balaban J connectivity index is 2.04. The Morgan fingerprint density at radius 3 is 3.06 bits per heavy atom. The quantitative estimate of drug-likeness (QED) is 0.755. The molecule has 18 heavy (non-hydrogen) atoms. The first-order valence-electron chi connectivity index (χ1n) is 6.06. The molecule has 2 aromatic rings. The van der Waals surface area contributed by atoms with Gasteiger partial charge in [-0.1, -0.05) is 6.58 Å². The van der Waals surface area contributed by atoms with Gasteiger partial charge in [-0.15, -0.1) is 0 Å². The number of aliphatic imine (C=N–C) groups is 1. The summed E-state index contributed by atoms with van der Waals surface area (Å²) in [4.78, 5) is 7.59. The van der Waals surface area contributed by atoms with Crippen molar-refractivity contribution >= 4 is 28.1 Å². The molecule has 4 heteroatoms. The second kappa shape index (κ2) is 4.22. The maximum atomic E-state index is 4.34. The molecule has 3 rings (SSSR count). The number of anilines is 1. The van der Waals surface area contributed by atoms with Crippen LogP contribution in [-0.2, 0) is 0 Å². The number of hydrogen-bond donors (Lipinski definition) is 3. The molecule has 4 nitrogen and oxygen atoms in total. The van der Waals surface area contributed by atoms with Crippen LogP contribution in [0, 0.1) is 0 Å². The molecule has 0 radical (unpaired) electrons. The van der Waals surface area contributed by atoms with Crippen LogP contribution in [0.4, 0.5) is 5.69 Å². The minimum atomic E-state index is 0.835. The third-order valence-corrected chi connectivity index (χ3v) is 3.06. The molecule has 1 aromatic heterocycles. The summed E-state index contributed by atoms with van der Waals surface area (Å²) in [7, 11) is 0. The van der Waals surface area contributed by atoms with Crippen molar-refractivity contribution in [3.8, 4) is 0 Å². The van der Waals surface area contributed by atoms with Crippen LogP contribution in [0.3, 0.4) is 0 Å². The van der Waals surface area contributed by atoms with Gasteiger partial charge >= 0.3 is 0 Å². The molecule has 0 saturated carbocycles. The van der Waals surface area contributed by atoms with E-state index >= 15 is 0 Å². The van der Waals surface area contributed by atoms with Crippen LogP contribution >= 0.6 is 0 Å². The van der Waals surface area contributed by atoms with E-state index in [2.05, 4.69) is 45.4 Å². The van der Waals surface area contributed by atoms with Crippen LogP contribution in [0.15, 0.2) is 36.0 Å². The number of nitrogens with one attached hydrogen (secondary N) is 3. The lowest BCUT2D eigenvalue weighted by Crippen LogP contribution is -2.26. The highest BCUT2D eigenvalue weighted by atomic mass is 15.2. The van der Waals surface area contributed by atoms with Gasteiger partial charge in [-0.3, -0.25) is 4.99 Å². The Hall–Kier alpha value is -2.23. The maximum absolute atomic E-state index is 4.34. The Labute approximate surface area is 106 Å². The molecule has 3 N–H and O–H groups in total. The normalized spacial score (nSPS) is 14.4. The number of fused-ring (bicyclic) bond motifs is 1. The topological polar surface area (TPSA) is 52.2 Å². The van der Waals surface area contributed by atoms with Gasteiger partial charge in [0.15, 0.2) is 5.96 Å². The van der Waals surface area contributed by atoms with Crippen LogP contribution in [0.2, 0.25) is 0 Å². The van der Waals surface area contributed by atoms with E-state index in [1.807, 2.05) is 13.1 Å². The number of hydrogen-bond acceptors (Lipinski definition) is 3. The summed E-state index contributed by atoms with van der Waals surface area (Å²) in [6.07, 6.45) is 1.95. The fraction of sp³-hybridized carbons (Fsp3) is 0.214. The van der Waals surface area contributed by atoms with E-state index in [9.17, 15) is 0 Å². The van der Waals surface area contributed by atoms with Gasteiger partial charge in [-0.2, -0.15) is 0 Å². The third-order valence-electron chi connectivity index (χ3n) is 3.06. The highest BCUT2D eigenvalue weighted by Gasteiger charge is 2.09. The molecule has 0 spiro atoms. The number of aromatic amines is 1. The van der Waals surface area contributed by atoms with Gasteiger partial charge < -0.3 is 15.6 Å². The summed E-state index contributed by atoms with van der Waals surface area (Å²) in [5.74, 6) is 0.845. The van der Waals surface area contributed by atoms with Crippen molar-refractivity contribution < 1.29 is 0 Å². The molecule has 0 unspecified atom stereocenters. The molecular weight excluding hydrogens is 224 g/mol. The zero-order valence-electron chi connectivity index (χ0n) is 10.4. The van der Waals surface area contributed by atoms with Crippen molar-refractivity contribution in [3.63, 3.8) is 0 Å². The van der Waals surface area contributed by atoms with Crippen molar-refractivity contribution in [1.82, 2.24) is 10.3 Å². The van der Waals surface area contributed by atoms with Gasteiger partial charge in [0.2, 0.25) is 0 Å². The van der Waals surface area contributed by atoms with E-state index in [-0.39, 0.29) is 0 Å². The smallest absolute Gasteiger partial charge is 0.195 e. The molecule has 0 aliphatic carbocycles. The molecule has 0 saturated heterocycles. The fourth-order valence-corrected chi connectivity index (χ4v) is 2.20. The standard InChI is InChI=1S/C14H16N4/c1-9(2)12-8-11(18-14-16-5-6-17-14)7-10-3-4-15-13(10)12/h3-4,7-8,15H,1,5-6H2,2H3,(H2,16,17,18). The monoisotopic (exact) mass is 240 g/mol. The first-order valence-corrected chi connectivity index (χ1v) is 6.06. The molecule has 0 amide bonds. The molecule has 2 heterocycles. The number of aromatic nitrogens is 1. The van der Waals surface area contributed by atoms with Crippen molar-refractivity contribution in [3.05, 3.63) is 36.5 Å². The predicted octanol–water partition coefficient (Wildman–Crippen LogP) is 2.57. The molecule has 92 valence electrons. The molecule has 1 aliphatic heterocycles. The van der Waals surface area contributed by atoms with Gasteiger partial charge in [0.1, 0.15) is 0 Å². The van der Waals surface area contributed by atoms with E-state index in [1.54, 1.807) is 0 Å². The highest BCUT2D eigenvalue weighted by molar-refractivity contribution is 5.99. The van der Waals surface area contributed by atoms with E-state index in [1.165, 1.54) is 5.39 Å². The summed E-state index contributed by atoms with van der Waals surface area (Å²) in [6.45, 7) is 7.79. The van der Waals surface area contributed by atoms with Crippen LogP contribution in [0.1, 0.15) is 12.5 Å². The molecule has 1 aliphatic rings. The first-order chi connectivity index (χ1) is 8.74. The first kappa shape index (κ1) is 10.9. The largest absolute Gasteiger partial charge is 0.361 e. The lowest BCUT2D eigenvalue weighted by atomic mass is 10.0. The van der Waals surface area contributed by atoms with Crippen LogP contribution in [0.5, 0.6) is 0 Å². The van der Waals surface area contributed by atoms with Gasteiger partial charge in [0.05, 0.1) is 12.1 Å². The van der Waals surface area contributed by atoms with Gasteiger partial charge in [-0.05, 0) is 30.7 Å². The molecule has 0 atom stereocenters. The van der Waals surface area contributed by atoms with Crippen molar-refractivity contribution in [2.75, 3.05) is 18.4 Å². The van der Waals surface area contributed by atoms with E-state index in [0.29, 0.717) is 0 Å². The average molecular weight is 240 g/mol. The number of rotatable bonds is 2. The zero-order valence-corrected chi connectivity index (χ0v) is 10.4. The van der Waals surface area contributed by atoms with Gasteiger partial charge in [0, 0.05) is 29.4 Å². The Bertz CT molecular complexity index is 636. The van der Waals surface area contributed by atoms with Gasteiger partial charge in [-0.25, -0.2) is 0 Å². The Kier molecular flexibility index (Phi) is 2.55. The third kappa shape index (κ3) is 1.86. The Morgan fingerprint density at radius 2 is 2.33 bits per heavy atom. The molecule has 1 aromatic carbocycles. The predicted molar refractivity (Wildman–Crippen MR) is 76.9 cm³/mol. The van der Waals surface area contributed by atoms with Gasteiger partial charge in [0.25, 0.3) is 0 Å². The van der Waals surface area contributed by atoms with Crippen LogP contribution in [-0.4, -0.2) is 24.0 Å². The molecule has 0 bridgehead atoms. The molecule has 0 fully saturated rings. The second-order valence-corrected chi connectivity index (χ2v) is 4.53. The Morgan fingerprint density at radius 1 is 1.44 bits per heavy atom. The van der Waals surface area contributed by atoms with Crippen molar-refractivity contribution in [2.24, 2.45) is 4.99 Å². The number of benzene rings is 1.